The van der Waals surface area contributed by atoms with Crippen LogP contribution in [-0.4, -0.2) is 14.9 Å². The molecular weight excluding hydrogens is 259 g/mol. The van der Waals surface area contributed by atoms with E-state index in [9.17, 15) is 9.50 Å². The predicted molar refractivity (Wildman–Crippen MR) is 74.0 cm³/mol. The number of aryl methyl sites for hydroxylation is 2. The molecule has 2 rings (SSSR count). The summed E-state index contributed by atoms with van der Waals surface area (Å²) in [5.41, 5.74) is 2.47. The van der Waals surface area contributed by atoms with Gasteiger partial charge in [0.05, 0.1) is 17.5 Å². The van der Waals surface area contributed by atoms with Gasteiger partial charge in [0.15, 0.2) is 0 Å². The van der Waals surface area contributed by atoms with Gasteiger partial charge in [-0.3, -0.25) is 4.68 Å². The highest BCUT2D eigenvalue weighted by atomic mass is 19.1. The standard InChI is InChI=1S/C15H19FN2O2/c1-4-12-8-13(18(3)17-12)9-20-15-7-11(16)5-6-14(15)10(2)19/h5-8,10,19H,4,9H2,1-3H3/t10-/m1/s1. The molecule has 1 atom stereocenters. The van der Waals surface area contributed by atoms with Crippen LogP contribution in [-0.2, 0) is 20.1 Å². The van der Waals surface area contributed by atoms with Gasteiger partial charge in [0, 0.05) is 18.7 Å². The van der Waals surface area contributed by atoms with E-state index in [2.05, 4.69) is 5.10 Å². The fraction of sp³-hybridized carbons (Fsp3) is 0.400. The Labute approximate surface area is 117 Å². The maximum atomic E-state index is 13.3. The van der Waals surface area contributed by atoms with E-state index in [1.54, 1.807) is 11.6 Å². The minimum atomic E-state index is -0.705. The van der Waals surface area contributed by atoms with Gasteiger partial charge in [-0.2, -0.15) is 5.10 Å². The van der Waals surface area contributed by atoms with Crippen molar-refractivity contribution < 1.29 is 14.2 Å². The summed E-state index contributed by atoms with van der Waals surface area (Å²) in [4.78, 5) is 0. The van der Waals surface area contributed by atoms with Crippen LogP contribution in [0.25, 0.3) is 0 Å². The summed E-state index contributed by atoms with van der Waals surface area (Å²) in [5.74, 6) is -0.0251. The van der Waals surface area contributed by atoms with Gasteiger partial charge in [-0.15, -0.1) is 0 Å². The third-order valence-corrected chi connectivity index (χ3v) is 3.19. The Morgan fingerprint density at radius 2 is 2.15 bits per heavy atom. The van der Waals surface area contributed by atoms with Crippen LogP contribution in [0.3, 0.4) is 0 Å². The van der Waals surface area contributed by atoms with Gasteiger partial charge in [0.1, 0.15) is 18.2 Å². The normalized spacial score (nSPS) is 12.4. The quantitative estimate of drug-likeness (QED) is 0.914. The molecule has 1 N–H and O–H groups in total. The number of aromatic nitrogens is 2. The van der Waals surface area contributed by atoms with E-state index in [1.165, 1.54) is 18.2 Å². The molecule has 0 radical (unpaired) electrons. The van der Waals surface area contributed by atoms with E-state index in [-0.39, 0.29) is 12.4 Å². The Morgan fingerprint density at radius 3 is 2.75 bits per heavy atom. The first-order valence-corrected chi connectivity index (χ1v) is 6.63. The second-order valence-corrected chi connectivity index (χ2v) is 4.75. The summed E-state index contributed by atoms with van der Waals surface area (Å²) in [7, 11) is 1.85. The highest BCUT2D eigenvalue weighted by molar-refractivity contribution is 5.35. The minimum absolute atomic E-state index is 0.284. The van der Waals surface area contributed by atoms with Crippen molar-refractivity contribution in [1.82, 2.24) is 9.78 Å². The Morgan fingerprint density at radius 1 is 1.40 bits per heavy atom. The first-order chi connectivity index (χ1) is 9.51. The molecule has 2 aromatic rings. The van der Waals surface area contributed by atoms with E-state index >= 15 is 0 Å². The number of hydrogen-bond donors (Lipinski definition) is 1. The summed E-state index contributed by atoms with van der Waals surface area (Å²) in [6.45, 7) is 3.94. The molecule has 4 nitrogen and oxygen atoms in total. The largest absolute Gasteiger partial charge is 0.487 e. The molecule has 0 amide bonds. The first-order valence-electron chi connectivity index (χ1n) is 6.63. The van der Waals surface area contributed by atoms with Crippen molar-refractivity contribution in [3.8, 4) is 5.75 Å². The highest BCUT2D eigenvalue weighted by Crippen LogP contribution is 2.26. The number of aliphatic hydroxyl groups excluding tert-OH is 1. The lowest BCUT2D eigenvalue weighted by Gasteiger charge is -2.13. The number of benzene rings is 1. The SMILES string of the molecule is CCc1cc(COc2cc(F)ccc2[C@@H](C)O)n(C)n1. The first kappa shape index (κ1) is 14.5. The number of ether oxygens (including phenoxy) is 1. The fourth-order valence-electron chi connectivity index (χ4n) is 2.01. The lowest BCUT2D eigenvalue weighted by molar-refractivity contribution is 0.189. The smallest absolute Gasteiger partial charge is 0.130 e. The van der Waals surface area contributed by atoms with Gasteiger partial charge < -0.3 is 9.84 Å². The molecule has 0 aliphatic heterocycles. The number of hydrogen-bond acceptors (Lipinski definition) is 3. The number of aliphatic hydroxyl groups is 1. The van der Waals surface area contributed by atoms with Gasteiger partial charge in [0.25, 0.3) is 0 Å². The molecule has 0 fully saturated rings. The number of halogens is 1. The molecular formula is C15H19FN2O2. The maximum Gasteiger partial charge on any atom is 0.130 e. The van der Waals surface area contributed by atoms with Crippen molar-refractivity contribution in [2.75, 3.05) is 0 Å². The Bertz CT molecular complexity index is 594. The van der Waals surface area contributed by atoms with Crippen LogP contribution in [0.1, 0.15) is 36.9 Å². The molecule has 1 aromatic heterocycles. The van der Waals surface area contributed by atoms with Crippen molar-refractivity contribution in [3.05, 3.63) is 47.0 Å². The summed E-state index contributed by atoms with van der Waals surface area (Å²) in [6, 6.07) is 6.10. The third kappa shape index (κ3) is 3.17. The summed E-state index contributed by atoms with van der Waals surface area (Å²) in [5, 5.41) is 14.0. The van der Waals surface area contributed by atoms with Crippen molar-refractivity contribution in [1.29, 1.82) is 0 Å². The third-order valence-electron chi connectivity index (χ3n) is 3.19. The van der Waals surface area contributed by atoms with Crippen LogP contribution in [0, 0.1) is 5.82 Å². The molecule has 0 bridgehead atoms. The van der Waals surface area contributed by atoms with Gasteiger partial charge in [0.2, 0.25) is 0 Å². The minimum Gasteiger partial charge on any atom is -0.487 e. The van der Waals surface area contributed by atoms with Crippen molar-refractivity contribution >= 4 is 0 Å². The second-order valence-electron chi connectivity index (χ2n) is 4.75. The average molecular weight is 278 g/mol. The molecule has 0 unspecified atom stereocenters. The number of rotatable bonds is 5. The lowest BCUT2D eigenvalue weighted by Crippen LogP contribution is -2.05. The van der Waals surface area contributed by atoms with Gasteiger partial charge in [-0.05, 0) is 31.5 Å². The Balaban J connectivity index is 2.17. The Hall–Kier alpha value is -1.88. The monoisotopic (exact) mass is 278 g/mol. The van der Waals surface area contributed by atoms with Crippen LogP contribution in [0.15, 0.2) is 24.3 Å². The van der Waals surface area contributed by atoms with Crippen LogP contribution in [0.4, 0.5) is 4.39 Å². The molecule has 0 saturated heterocycles. The predicted octanol–water partition coefficient (Wildman–Crippen LogP) is 2.75. The van der Waals surface area contributed by atoms with Crippen molar-refractivity contribution in [3.63, 3.8) is 0 Å². The van der Waals surface area contributed by atoms with E-state index in [0.29, 0.717) is 11.3 Å². The topological polar surface area (TPSA) is 47.3 Å². The second kappa shape index (κ2) is 6.05. The summed E-state index contributed by atoms with van der Waals surface area (Å²) < 4.78 is 20.7. The van der Waals surface area contributed by atoms with E-state index in [1.807, 2.05) is 20.0 Å². The highest BCUT2D eigenvalue weighted by Gasteiger charge is 2.12. The molecule has 108 valence electrons. The molecule has 1 aromatic carbocycles. The van der Waals surface area contributed by atoms with Crippen LogP contribution < -0.4 is 4.74 Å². The Kier molecular flexibility index (Phi) is 4.39. The van der Waals surface area contributed by atoms with Gasteiger partial charge in [-0.25, -0.2) is 4.39 Å². The molecule has 1 heterocycles. The van der Waals surface area contributed by atoms with E-state index in [4.69, 9.17) is 4.74 Å². The molecule has 0 spiro atoms. The van der Waals surface area contributed by atoms with Crippen LogP contribution >= 0.6 is 0 Å². The summed E-state index contributed by atoms with van der Waals surface area (Å²) >= 11 is 0. The maximum absolute atomic E-state index is 13.3. The fourth-order valence-corrected chi connectivity index (χ4v) is 2.01. The zero-order valence-electron chi connectivity index (χ0n) is 11.9. The van der Waals surface area contributed by atoms with E-state index in [0.717, 1.165) is 17.8 Å². The van der Waals surface area contributed by atoms with Crippen LogP contribution in [0.2, 0.25) is 0 Å². The van der Waals surface area contributed by atoms with Gasteiger partial charge in [-0.1, -0.05) is 6.92 Å². The van der Waals surface area contributed by atoms with Crippen LogP contribution in [0.5, 0.6) is 5.75 Å². The molecule has 20 heavy (non-hydrogen) atoms. The number of nitrogens with zero attached hydrogens (tertiary/aromatic N) is 2. The van der Waals surface area contributed by atoms with Crippen molar-refractivity contribution in [2.24, 2.45) is 7.05 Å². The molecule has 5 heteroatoms. The average Bonchev–Trinajstić information content (AvgIpc) is 2.76. The zero-order chi connectivity index (χ0) is 14.7. The lowest BCUT2D eigenvalue weighted by atomic mass is 10.1. The van der Waals surface area contributed by atoms with E-state index < -0.39 is 6.10 Å². The van der Waals surface area contributed by atoms with Crippen molar-refractivity contribution in [2.45, 2.75) is 33.0 Å². The van der Waals surface area contributed by atoms with Gasteiger partial charge >= 0.3 is 0 Å². The zero-order valence-corrected chi connectivity index (χ0v) is 11.9. The molecule has 0 aliphatic rings. The molecule has 0 saturated carbocycles. The molecule has 0 aliphatic carbocycles. The summed E-state index contributed by atoms with van der Waals surface area (Å²) in [6.07, 6.45) is 0.149.